The van der Waals surface area contributed by atoms with Crippen LogP contribution in [0.4, 0.5) is 0 Å². The van der Waals surface area contributed by atoms with Gasteiger partial charge in [-0.25, -0.2) is 0 Å². The average Bonchev–Trinajstić information content (AvgIpc) is 2.03. The van der Waals surface area contributed by atoms with E-state index in [2.05, 4.69) is 0 Å². The summed E-state index contributed by atoms with van der Waals surface area (Å²) in [4.78, 5) is 13.4. The lowest BCUT2D eigenvalue weighted by atomic mass is 10.1. The molecule has 1 amide bonds. The minimum atomic E-state index is -0.150. The number of nitrogens with zero attached hydrogens (tertiary/aromatic N) is 1. The van der Waals surface area contributed by atoms with Gasteiger partial charge in [0.25, 0.3) is 5.91 Å². The van der Waals surface area contributed by atoms with Crippen molar-refractivity contribution in [2.75, 3.05) is 32.9 Å². The highest BCUT2D eigenvalue weighted by Crippen LogP contribution is 2.14. The van der Waals surface area contributed by atoms with Gasteiger partial charge in [0.2, 0.25) is 0 Å². The van der Waals surface area contributed by atoms with Gasteiger partial charge in [-0.15, -0.1) is 0 Å². The van der Waals surface area contributed by atoms with Crippen molar-refractivity contribution in [3.05, 3.63) is 0 Å². The molecule has 0 saturated carbocycles. The summed E-state index contributed by atoms with van der Waals surface area (Å²) >= 11 is 0. The molecule has 12 heavy (non-hydrogen) atoms. The van der Waals surface area contributed by atoms with Crippen LogP contribution in [0.2, 0.25) is 0 Å². The Morgan fingerprint density at radius 1 is 1.25 bits per heavy atom. The molecule has 4 heteroatoms. The maximum Gasteiger partial charge on any atom is 0.251 e. The average molecular weight is 171 g/mol. The number of ether oxygens (including phenoxy) is 2. The third-order valence-corrected chi connectivity index (χ3v) is 2.30. The van der Waals surface area contributed by atoms with Crippen LogP contribution in [0, 0.1) is 0 Å². The Balaban J connectivity index is 1.84. The van der Waals surface area contributed by atoms with Crippen molar-refractivity contribution in [3.8, 4) is 0 Å². The molecular formula is C8H13NO3. The lowest BCUT2D eigenvalue weighted by molar-refractivity contribution is -0.159. The van der Waals surface area contributed by atoms with E-state index < -0.39 is 0 Å². The highest BCUT2D eigenvalue weighted by Gasteiger charge is 2.30. The molecule has 0 N–H and O–H groups in total. The van der Waals surface area contributed by atoms with Gasteiger partial charge in [-0.1, -0.05) is 0 Å². The van der Waals surface area contributed by atoms with E-state index in [9.17, 15) is 4.79 Å². The molecule has 2 aliphatic rings. The summed E-state index contributed by atoms with van der Waals surface area (Å²) in [6, 6.07) is 0. The van der Waals surface area contributed by atoms with E-state index in [4.69, 9.17) is 9.47 Å². The van der Waals surface area contributed by atoms with Gasteiger partial charge in [-0.3, -0.25) is 4.79 Å². The molecule has 2 aliphatic heterocycles. The number of morpholine rings is 1. The van der Waals surface area contributed by atoms with E-state index in [0.29, 0.717) is 13.2 Å². The summed E-state index contributed by atoms with van der Waals surface area (Å²) in [5.74, 6) is 0.143. The summed E-state index contributed by atoms with van der Waals surface area (Å²) in [7, 11) is 0. The fourth-order valence-electron chi connectivity index (χ4n) is 1.42. The summed E-state index contributed by atoms with van der Waals surface area (Å²) in [5, 5.41) is 0. The van der Waals surface area contributed by atoms with E-state index in [1.807, 2.05) is 4.90 Å². The van der Waals surface area contributed by atoms with Gasteiger partial charge in [-0.2, -0.15) is 0 Å². The van der Waals surface area contributed by atoms with Crippen LogP contribution in [0.1, 0.15) is 6.42 Å². The molecule has 0 radical (unpaired) electrons. The molecule has 1 atom stereocenters. The largest absolute Gasteiger partial charge is 0.378 e. The van der Waals surface area contributed by atoms with Gasteiger partial charge in [0.15, 0.2) is 0 Å². The summed E-state index contributed by atoms with van der Waals surface area (Å²) in [5.41, 5.74) is 0. The van der Waals surface area contributed by atoms with Crippen LogP contribution < -0.4 is 0 Å². The Labute approximate surface area is 71.4 Å². The molecule has 2 rings (SSSR count). The van der Waals surface area contributed by atoms with Gasteiger partial charge in [-0.05, 0) is 0 Å². The standard InChI is InChI=1S/C8H13NO3/c10-8(7-1-4-12-7)9-2-5-11-6-3-9/h7H,1-6H2. The molecule has 0 aromatic heterocycles. The van der Waals surface area contributed by atoms with Crippen molar-refractivity contribution in [2.24, 2.45) is 0 Å². The lowest BCUT2D eigenvalue weighted by Gasteiger charge is -2.33. The van der Waals surface area contributed by atoms with Crippen molar-refractivity contribution < 1.29 is 14.3 Å². The number of hydrogen-bond donors (Lipinski definition) is 0. The fourth-order valence-corrected chi connectivity index (χ4v) is 1.42. The maximum atomic E-state index is 11.5. The van der Waals surface area contributed by atoms with Crippen LogP contribution in [-0.2, 0) is 14.3 Å². The van der Waals surface area contributed by atoms with Crippen molar-refractivity contribution >= 4 is 5.91 Å². The van der Waals surface area contributed by atoms with Crippen molar-refractivity contribution in [2.45, 2.75) is 12.5 Å². The highest BCUT2D eigenvalue weighted by molar-refractivity contribution is 5.81. The quantitative estimate of drug-likeness (QED) is 0.540. The molecule has 2 heterocycles. The number of carbonyl (C=O) groups is 1. The first kappa shape index (κ1) is 8.01. The topological polar surface area (TPSA) is 38.8 Å². The van der Waals surface area contributed by atoms with Crippen LogP contribution in [0.15, 0.2) is 0 Å². The maximum absolute atomic E-state index is 11.5. The first-order chi connectivity index (χ1) is 5.88. The predicted octanol–water partition coefficient (Wildman–Crippen LogP) is -0.366. The van der Waals surface area contributed by atoms with Crippen molar-refractivity contribution in [3.63, 3.8) is 0 Å². The van der Waals surface area contributed by atoms with Crippen molar-refractivity contribution in [1.82, 2.24) is 4.90 Å². The highest BCUT2D eigenvalue weighted by atomic mass is 16.5. The zero-order valence-corrected chi connectivity index (χ0v) is 6.99. The molecule has 0 aliphatic carbocycles. The van der Waals surface area contributed by atoms with Crippen LogP contribution in [-0.4, -0.2) is 49.8 Å². The van der Waals surface area contributed by atoms with Crippen LogP contribution in [0.5, 0.6) is 0 Å². The molecule has 2 saturated heterocycles. The normalized spacial score (nSPS) is 29.7. The van der Waals surface area contributed by atoms with Crippen LogP contribution >= 0.6 is 0 Å². The molecule has 0 aromatic rings. The van der Waals surface area contributed by atoms with Gasteiger partial charge >= 0.3 is 0 Å². The second kappa shape index (κ2) is 3.41. The van der Waals surface area contributed by atoms with Crippen molar-refractivity contribution in [1.29, 1.82) is 0 Å². The van der Waals surface area contributed by atoms with E-state index in [1.54, 1.807) is 0 Å². The number of carbonyl (C=O) groups excluding carboxylic acids is 1. The Hall–Kier alpha value is -0.610. The van der Waals surface area contributed by atoms with Gasteiger partial charge < -0.3 is 14.4 Å². The molecule has 1 unspecified atom stereocenters. The molecule has 4 nitrogen and oxygen atoms in total. The molecule has 2 fully saturated rings. The Kier molecular flexibility index (Phi) is 2.28. The summed E-state index contributed by atoms with van der Waals surface area (Å²) in [6.07, 6.45) is 0.735. The monoisotopic (exact) mass is 171 g/mol. The summed E-state index contributed by atoms with van der Waals surface area (Å²) < 4.78 is 10.3. The predicted molar refractivity (Wildman–Crippen MR) is 41.8 cm³/mol. The van der Waals surface area contributed by atoms with E-state index in [-0.39, 0.29) is 12.0 Å². The third kappa shape index (κ3) is 1.44. The Morgan fingerprint density at radius 3 is 2.42 bits per heavy atom. The first-order valence-corrected chi connectivity index (χ1v) is 4.36. The Bertz CT molecular complexity index is 173. The zero-order valence-electron chi connectivity index (χ0n) is 6.99. The van der Waals surface area contributed by atoms with Gasteiger partial charge in [0.05, 0.1) is 19.8 Å². The number of rotatable bonds is 1. The SMILES string of the molecule is O=C(C1CCO1)N1CCOCC1. The van der Waals surface area contributed by atoms with E-state index >= 15 is 0 Å². The molecular weight excluding hydrogens is 158 g/mol. The molecule has 0 aromatic carbocycles. The van der Waals surface area contributed by atoms with Gasteiger partial charge in [0.1, 0.15) is 6.10 Å². The summed E-state index contributed by atoms with van der Waals surface area (Å²) in [6.45, 7) is 3.51. The smallest absolute Gasteiger partial charge is 0.251 e. The van der Waals surface area contributed by atoms with Crippen LogP contribution in [0.25, 0.3) is 0 Å². The zero-order chi connectivity index (χ0) is 8.39. The lowest BCUT2D eigenvalue weighted by Crippen LogP contribution is -2.49. The third-order valence-electron chi connectivity index (χ3n) is 2.30. The molecule has 0 bridgehead atoms. The number of amides is 1. The van der Waals surface area contributed by atoms with E-state index in [1.165, 1.54) is 0 Å². The molecule has 68 valence electrons. The molecule has 0 spiro atoms. The number of hydrogen-bond acceptors (Lipinski definition) is 3. The Morgan fingerprint density at radius 2 is 1.92 bits per heavy atom. The van der Waals surface area contributed by atoms with Crippen LogP contribution in [0.3, 0.4) is 0 Å². The second-order valence-electron chi connectivity index (χ2n) is 3.09. The fraction of sp³-hybridized carbons (Fsp3) is 0.875. The van der Waals surface area contributed by atoms with Gasteiger partial charge in [0, 0.05) is 19.5 Å². The van der Waals surface area contributed by atoms with E-state index in [0.717, 1.165) is 26.1 Å². The second-order valence-corrected chi connectivity index (χ2v) is 3.09. The first-order valence-electron chi connectivity index (χ1n) is 4.36. The minimum absolute atomic E-state index is 0.143. The minimum Gasteiger partial charge on any atom is -0.378 e.